The molecule has 1 aliphatic rings. The summed E-state index contributed by atoms with van der Waals surface area (Å²) < 4.78 is 28.1. The maximum absolute atomic E-state index is 11.6. The van der Waals surface area contributed by atoms with Crippen LogP contribution in [0.15, 0.2) is 24.3 Å². The zero-order chi connectivity index (χ0) is 11.7. The number of allylic oxidation sites excluding steroid dienone is 2. The van der Waals surface area contributed by atoms with Gasteiger partial charge in [-0.15, -0.1) is 0 Å². The first-order chi connectivity index (χ1) is 6.85. The fraction of sp³-hybridized carbons (Fsp3) is 0.444. The second kappa shape index (κ2) is 3.79. The lowest BCUT2D eigenvalue weighted by Gasteiger charge is -2.32. The first kappa shape index (κ1) is 11.9. The second-order valence-corrected chi connectivity index (χ2v) is 5.44. The third kappa shape index (κ3) is 1.82. The normalized spacial score (nSPS) is 30.4. The van der Waals surface area contributed by atoms with E-state index in [1.54, 1.807) is 0 Å². The summed E-state index contributed by atoms with van der Waals surface area (Å²) >= 11 is 0. The molecule has 1 rings (SSSR count). The standard InChI is InChI=1S/C9H12O5S/c1-14-9(15(2,12)13)6-4-3-5-7(9)8(10)11/h3-7H,1-2H3,(H,10,11). The van der Waals surface area contributed by atoms with Gasteiger partial charge in [0.1, 0.15) is 5.92 Å². The van der Waals surface area contributed by atoms with Crippen LogP contribution in [0.2, 0.25) is 0 Å². The first-order valence-electron chi connectivity index (χ1n) is 4.19. The number of methoxy groups -OCH3 is 1. The molecule has 0 saturated heterocycles. The van der Waals surface area contributed by atoms with Crippen LogP contribution in [0.1, 0.15) is 0 Å². The summed E-state index contributed by atoms with van der Waals surface area (Å²) in [6.45, 7) is 0. The van der Waals surface area contributed by atoms with Crippen LogP contribution in [0.4, 0.5) is 0 Å². The lowest BCUT2D eigenvalue weighted by atomic mass is 9.97. The van der Waals surface area contributed by atoms with Crippen LogP contribution in [-0.2, 0) is 19.4 Å². The van der Waals surface area contributed by atoms with Crippen LogP contribution in [0, 0.1) is 5.92 Å². The molecule has 1 N–H and O–H groups in total. The highest BCUT2D eigenvalue weighted by Gasteiger charge is 2.49. The van der Waals surface area contributed by atoms with Crippen molar-refractivity contribution in [2.75, 3.05) is 13.4 Å². The van der Waals surface area contributed by atoms with Crippen molar-refractivity contribution in [3.63, 3.8) is 0 Å². The SMILES string of the molecule is COC1(S(C)(=O)=O)C=CC=CC1C(=O)O. The number of aliphatic carboxylic acids is 1. The summed E-state index contributed by atoms with van der Waals surface area (Å²) in [5.74, 6) is -2.45. The molecule has 0 radical (unpaired) electrons. The van der Waals surface area contributed by atoms with Crippen LogP contribution in [0.25, 0.3) is 0 Å². The van der Waals surface area contributed by atoms with Crippen molar-refractivity contribution in [1.82, 2.24) is 0 Å². The highest BCUT2D eigenvalue weighted by Crippen LogP contribution is 2.33. The van der Waals surface area contributed by atoms with Crippen molar-refractivity contribution in [2.45, 2.75) is 4.93 Å². The van der Waals surface area contributed by atoms with Crippen LogP contribution >= 0.6 is 0 Å². The number of carbonyl (C=O) groups is 1. The molecule has 0 bridgehead atoms. The summed E-state index contributed by atoms with van der Waals surface area (Å²) in [6.07, 6.45) is 6.45. The predicted molar refractivity (Wildman–Crippen MR) is 54.0 cm³/mol. The molecule has 0 amide bonds. The van der Waals surface area contributed by atoms with Crippen LogP contribution < -0.4 is 0 Å². The summed E-state index contributed by atoms with van der Waals surface area (Å²) in [5, 5.41) is 8.94. The van der Waals surface area contributed by atoms with Gasteiger partial charge in [-0.05, 0) is 6.08 Å². The van der Waals surface area contributed by atoms with E-state index in [-0.39, 0.29) is 0 Å². The summed E-state index contributed by atoms with van der Waals surface area (Å²) in [5.41, 5.74) is 0. The minimum absolute atomic E-state index is 0.954. The minimum atomic E-state index is -3.67. The Morgan fingerprint density at radius 3 is 2.40 bits per heavy atom. The Hall–Kier alpha value is -1.14. The molecule has 0 heterocycles. The van der Waals surface area contributed by atoms with Crippen LogP contribution in [-0.4, -0.2) is 37.8 Å². The van der Waals surface area contributed by atoms with E-state index in [9.17, 15) is 13.2 Å². The Balaban J connectivity index is 3.35. The zero-order valence-corrected chi connectivity index (χ0v) is 9.19. The third-order valence-electron chi connectivity index (χ3n) is 2.34. The van der Waals surface area contributed by atoms with Crippen LogP contribution in [0.3, 0.4) is 0 Å². The average Bonchev–Trinajstić information content (AvgIpc) is 2.15. The Labute approximate surface area is 88.0 Å². The van der Waals surface area contributed by atoms with Gasteiger partial charge in [-0.1, -0.05) is 18.2 Å². The molecule has 0 aliphatic heterocycles. The van der Waals surface area contributed by atoms with Crippen molar-refractivity contribution in [2.24, 2.45) is 5.92 Å². The van der Waals surface area contributed by atoms with E-state index >= 15 is 0 Å². The summed E-state index contributed by atoms with van der Waals surface area (Å²) in [4.78, 5) is 9.15. The van der Waals surface area contributed by atoms with Gasteiger partial charge in [0.15, 0.2) is 9.84 Å². The lowest BCUT2D eigenvalue weighted by molar-refractivity contribution is -0.144. The van der Waals surface area contributed by atoms with Gasteiger partial charge in [0.2, 0.25) is 4.93 Å². The number of sulfone groups is 1. The second-order valence-electron chi connectivity index (χ2n) is 3.26. The van der Waals surface area contributed by atoms with E-state index in [4.69, 9.17) is 9.84 Å². The lowest BCUT2D eigenvalue weighted by Crippen LogP contribution is -2.48. The zero-order valence-electron chi connectivity index (χ0n) is 8.38. The molecule has 2 unspecified atom stereocenters. The molecule has 0 spiro atoms. The number of carboxylic acid groups (broad SMARTS) is 1. The first-order valence-corrected chi connectivity index (χ1v) is 6.08. The molecular weight excluding hydrogens is 220 g/mol. The van der Waals surface area contributed by atoms with Crippen molar-refractivity contribution >= 4 is 15.8 Å². The van der Waals surface area contributed by atoms with E-state index in [1.807, 2.05) is 0 Å². The predicted octanol–water partition coefficient (Wildman–Crippen LogP) is 0.201. The highest BCUT2D eigenvalue weighted by molar-refractivity contribution is 7.92. The Morgan fingerprint density at radius 1 is 1.47 bits per heavy atom. The number of ether oxygens (including phenoxy) is 1. The molecule has 0 aromatic carbocycles. The van der Waals surface area contributed by atoms with Crippen molar-refractivity contribution < 1.29 is 23.1 Å². The smallest absolute Gasteiger partial charge is 0.314 e. The maximum Gasteiger partial charge on any atom is 0.314 e. The summed E-state index contributed by atoms with van der Waals surface area (Å²) in [6, 6.07) is 0. The molecule has 5 nitrogen and oxygen atoms in total. The van der Waals surface area contributed by atoms with E-state index in [0.29, 0.717) is 0 Å². The van der Waals surface area contributed by atoms with E-state index in [2.05, 4.69) is 0 Å². The van der Waals surface area contributed by atoms with Crippen molar-refractivity contribution in [3.05, 3.63) is 24.3 Å². The fourth-order valence-electron chi connectivity index (χ4n) is 1.56. The van der Waals surface area contributed by atoms with Gasteiger partial charge in [0, 0.05) is 13.4 Å². The molecule has 0 saturated carbocycles. The molecule has 2 atom stereocenters. The van der Waals surface area contributed by atoms with Crippen molar-refractivity contribution in [1.29, 1.82) is 0 Å². The van der Waals surface area contributed by atoms with Gasteiger partial charge in [0.25, 0.3) is 0 Å². The molecule has 0 aromatic heterocycles. The van der Waals surface area contributed by atoms with Gasteiger partial charge in [-0.3, -0.25) is 4.79 Å². The topological polar surface area (TPSA) is 80.7 Å². The molecule has 84 valence electrons. The molecule has 1 aliphatic carbocycles. The maximum atomic E-state index is 11.6. The van der Waals surface area contributed by atoms with E-state index in [0.717, 1.165) is 6.26 Å². The molecule has 0 fully saturated rings. The fourth-order valence-corrected chi connectivity index (χ4v) is 2.83. The number of hydrogen-bond acceptors (Lipinski definition) is 4. The highest BCUT2D eigenvalue weighted by atomic mass is 32.2. The number of carboxylic acids is 1. The van der Waals surface area contributed by atoms with Gasteiger partial charge < -0.3 is 9.84 Å². The average molecular weight is 232 g/mol. The molecule has 0 aromatic rings. The van der Waals surface area contributed by atoms with Gasteiger partial charge in [-0.2, -0.15) is 0 Å². The minimum Gasteiger partial charge on any atom is -0.481 e. The Kier molecular flexibility index (Phi) is 3.01. The van der Waals surface area contributed by atoms with E-state index < -0.39 is 26.7 Å². The molecular formula is C9H12O5S. The monoisotopic (exact) mass is 232 g/mol. The Morgan fingerprint density at radius 2 is 2.07 bits per heavy atom. The largest absolute Gasteiger partial charge is 0.481 e. The third-order valence-corrected chi connectivity index (χ3v) is 4.06. The van der Waals surface area contributed by atoms with Gasteiger partial charge >= 0.3 is 5.97 Å². The summed E-state index contributed by atoms with van der Waals surface area (Å²) in [7, 11) is -2.49. The molecule has 6 heteroatoms. The molecule has 15 heavy (non-hydrogen) atoms. The van der Waals surface area contributed by atoms with Gasteiger partial charge in [-0.25, -0.2) is 8.42 Å². The van der Waals surface area contributed by atoms with Gasteiger partial charge in [0.05, 0.1) is 0 Å². The quantitative estimate of drug-likeness (QED) is 0.751. The number of hydrogen-bond donors (Lipinski definition) is 1. The van der Waals surface area contributed by atoms with Crippen LogP contribution in [0.5, 0.6) is 0 Å². The number of rotatable bonds is 3. The Bertz CT molecular complexity index is 420. The van der Waals surface area contributed by atoms with E-state index in [1.165, 1.54) is 31.4 Å². The van der Waals surface area contributed by atoms with Crippen molar-refractivity contribution in [3.8, 4) is 0 Å².